The fourth-order valence-electron chi connectivity index (χ4n) is 6.64. The SMILES string of the molecule is CCCc1c(O)c(OC)c(C(C(C)(C)CC(C)C)C(C)(C)CC(C)(C)C)c(S(=O)(=O)O)c1OC. The third kappa shape index (κ3) is 6.81. The van der Waals surface area contributed by atoms with Crippen molar-refractivity contribution < 1.29 is 27.6 Å². The summed E-state index contributed by atoms with van der Waals surface area (Å²) in [6.07, 6.45) is 2.61. The van der Waals surface area contributed by atoms with Crippen LogP contribution < -0.4 is 9.47 Å². The summed E-state index contributed by atoms with van der Waals surface area (Å²) in [5.74, 6) is -0.0716. The zero-order valence-corrected chi connectivity index (χ0v) is 24.2. The number of rotatable bonds is 11. The van der Waals surface area contributed by atoms with Crippen LogP contribution in [-0.2, 0) is 16.5 Å². The van der Waals surface area contributed by atoms with E-state index >= 15 is 0 Å². The van der Waals surface area contributed by atoms with Crippen molar-refractivity contribution in [1.29, 1.82) is 0 Å². The lowest BCUT2D eigenvalue weighted by molar-refractivity contribution is 0.0749. The number of hydrogen-bond acceptors (Lipinski definition) is 5. The van der Waals surface area contributed by atoms with E-state index in [0.29, 0.717) is 29.9 Å². The van der Waals surface area contributed by atoms with Crippen LogP contribution in [0.25, 0.3) is 0 Å². The van der Waals surface area contributed by atoms with Gasteiger partial charge in [0.15, 0.2) is 11.5 Å². The summed E-state index contributed by atoms with van der Waals surface area (Å²) in [5, 5.41) is 11.3. The van der Waals surface area contributed by atoms with Crippen molar-refractivity contribution in [2.45, 2.75) is 106 Å². The molecule has 34 heavy (non-hydrogen) atoms. The number of phenols is 1. The maximum absolute atomic E-state index is 13.0. The predicted molar refractivity (Wildman–Crippen MR) is 139 cm³/mol. The maximum Gasteiger partial charge on any atom is 0.298 e. The van der Waals surface area contributed by atoms with Gasteiger partial charge in [-0.15, -0.1) is 0 Å². The van der Waals surface area contributed by atoms with E-state index in [1.165, 1.54) is 14.2 Å². The van der Waals surface area contributed by atoms with Gasteiger partial charge in [0.25, 0.3) is 10.1 Å². The number of phenolic OH excluding ortho intramolecular Hbond substituents is 1. The van der Waals surface area contributed by atoms with Gasteiger partial charge in [0, 0.05) is 11.1 Å². The molecule has 0 heterocycles. The first-order valence-electron chi connectivity index (χ1n) is 12.2. The van der Waals surface area contributed by atoms with Gasteiger partial charge in [0.05, 0.1) is 14.2 Å². The van der Waals surface area contributed by atoms with Crippen LogP contribution in [0.4, 0.5) is 0 Å². The Kier molecular flexibility index (Phi) is 9.57. The lowest BCUT2D eigenvalue weighted by atomic mass is 9.56. The monoisotopic (exact) mass is 500 g/mol. The molecule has 0 bridgehead atoms. The van der Waals surface area contributed by atoms with E-state index in [0.717, 1.165) is 12.8 Å². The van der Waals surface area contributed by atoms with Gasteiger partial charge in [-0.25, -0.2) is 0 Å². The maximum atomic E-state index is 13.0. The van der Waals surface area contributed by atoms with Gasteiger partial charge in [-0.05, 0) is 47.3 Å². The zero-order valence-electron chi connectivity index (χ0n) is 23.4. The molecule has 2 N–H and O–H groups in total. The number of ether oxygens (including phenoxy) is 2. The Morgan fingerprint density at radius 1 is 0.912 bits per heavy atom. The van der Waals surface area contributed by atoms with Crippen molar-refractivity contribution in [3.8, 4) is 17.2 Å². The largest absolute Gasteiger partial charge is 0.504 e. The van der Waals surface area contributed by atoms with Crippen molar-refractivity contribution in [3.05, 3.63) is 11.1 Å². The van der Waals surface area contributed by atoms with E-state index in [9.17, 15) is 18.1 Å². The molecule has 0 aliphatic carbocycles. The third-order valence-electron chi connectivity index (χ3n) is 6.41. The summed E-state index contributed by atoms with van der Waals surface area (Å²) in [4.78, 5) is -0.295. The molecule has 0 aliphatic rings. The van der Waals surface area contributed by atoms with E-state index in [1.54, 1.807) is 0 Å². The number of methoxy groups -OCH3 is 2. The van der Waals surface area contributed by atoms with Gasteiger partial charge >= 0.3 is 0 Å². The van der Waals surface area contributed by atoms with Crippen LogP contribution in [0, 0.1) is 22.2 Å². The van der Waals surface area contributed by atoms with E-state index in [4.69, 9.17) is 9.47 Å². The highest BCUT2D eigenvalue weighted by molar-refractivity contribution is 7.86. The van der Waals surface area contributed by atoms with Crippen LogP contribution in [0.1, 0.15) is 106 Å². The van der Waals surface area contributed by atoms with Crippen molar-refractivity contribution >= 4 is 10.1 Å². The molecule has 1 aromatic rings. The molecule has 0 spiro atoms. The van der Waals surface area contributed by atoms with E-state index in [-0.39, 0.29) is 33.5 Å². The first kappa shape index (κ1) is 30.6. The first-order chi connectivity index (χ1) is 15.2. The average Bonchev–Trinajstić information content (AvgIpc) is 2.58. The van der Waals surface area contributed by atoms with Crippen LogP contribution in [0.3, 0.4) is 0 Å². The van der Waals surface area contributed by atoms with Crippen LogP contribution in [0.5, 0.6) is 17.2 Å². The van der Waals surface area contributed by atoms with Crippen molar-refractivity contribution in [1.82, 2.24) is 0 Å². The molecule has 6 nitrogen and oxygen atoms in total. The molecule has 0 radical (unpaired) electrons. The molecule has 0 fully saturated rings. The zero-order chi connectivity index (χ0) is 26.9. The molecule has 198 valence electrons. The highest BCUT2D eigenvalue weighted by atomic mass is 32.2. The Morgan fingerprint density at radius 2 is 1.41 bits per heavy atom. The molecule has 7 heteroatoms. The fourth-order valence-corrected chi connectivity index (χ4v) is 7.56. The van der Waals surface area contributed by atoms with Crippen LogP contribution >= 0.6 is 0 Å². The number of hydrogen-bond donors (Lipinski definition) is 2. The molecule has 1 aromatic carbocycles. The highest BCUT2D eigenvalue weighted by Gasteiger charge is 2.48. The van der Waals surface area contributed by atoms with Gasteiger partial charge in [-0.1, -0.05) is 75.7 Å². The standard InChI is InChI=1S/C27H48O6S/c1-13-14-18-20(28)22(33-12)19(23(21(18)32-11)34(29,30)31)24(26(7,8)15-17(2)3)27(9,10)16-25(4,5)6/h17,24,28H,13-16H2,1-12H3,(H,29,30,31). The second-order valence-electron chi connectivity index (χ2n) is 12.6. The second kappa shape index (κ2) is 10.7. The van der Waals surface area contributed by atoms with Gasteiger partial charge < -0.3 is 14.6 Å². The minimum Gasteiger partial charge on any atom is -0.504 e. The average molecular weight is 501 g/mol. The molecule has 0 aliphatic heterocycles. The third-order valence-corrected chi connectivity index (χ3v) is 7.33. The Morgan fingerprint density at radius 3 is 1.76 bits per heavy atom. The Balaban J connectivity index is 4.37. The summed E-state index contributed by atoms with van der Waals surface area (Å²) >= 11 is 0. The Bertz CT molecular complexity index is 953. The fraction of sp³-hybridized carbons (Fsp3) is 0.778. The second-order valence-corrected chi connectivity index (χ2v) is 14.0. The molecule has 0 saturated carbocycles. The smallest absolute Gasteiger partial charge is 0.298 e. The van der Waals surface area contributed by atoms with Crippen molar-refractivity contribution in [3.63, 3.8) is 0 Å². The molecule has 1 rings (SSSR count). The van der Waals surface area contributed by atoms with Gasteiger partial charge in [-0.3, -0.25) is 4.55 Å². The van der Waals surface area contributed by atoms with Crippen molar-refractivity contribution in [2.24, 2.45) is 22.2 Å². The molecule has 0 aromatic heterocycles. The number of aromatic hydroxyl groups is 1. The lowest BCUT2D eigenvalue weighted by Gasteiger charge is -2.49. The normalized spacial score (nSPS) is 14.4. The summed E-state index contributed by atoms with van der Waals surface area (Å²) in [5.41, 5.74) is -0.256. The molecular weight excluding hydrogens is 452 g/mol. The van der Waals surface area contributed by atoms with Gasteiger partial charge in [-0.2, -0.15) is 8.42 Å². The Hall–Kier alpha value is -1.47. The summed E-state index contributed by atoms with van der Waals surface area (Å²) in [6, 6.07) is 0. The lowest BCUT2D eigenvalue weighted by Crippen LogP contribution is -2.39. The first-order valence-corrected chi connectivity index (χ1v) is 13.7. The van der Waals surface area contributed by atoms with Gasteiger partial charge in [0.1, 0.15) is 10.6 Å². The summed E-state index contributed by atoms with van der Waals surface area (Å²) in [7, 11) is -1.92. The Labute approximate surface area is 208 Å². The molecule has 1 unspecified atom stereocenters. The van der Waals surface area contributed by atoms with Crippen molar-refractivity contribution in [2.75, 3.05) is 14.2 Å². The minimum atomic E-state index is -4.72. The van der Waals surface area contributed by atoms with Crippen LogP contribution in [0.2, 0.25) is 0 Å². The quantitative estimate of drug-likeness (QED) is 0.311. The molecule has 0 amide bonds. The van der Waals surface area contributed by atoms with Crippen LogP contribution in [0.15, 0.2) is 4.90 Å². The van der Waals surface area contributed by atoms with E-state index in [1.807, 2.05) is 6.92 Å². The van der Waals surface area contributed by atoms with E-state index in [2.05, 4.69) is 62.3 Å². The predicted octanol–water partition coefficient (Wildman–Crippen LogP) is 7.23. The molecular formula is C27H48O6S. The molecule has 1 atom stereocenters. The van der Waals surface area contributed by atoms with Crippen LogP contribution in [-0.4, -0.2) is 32.3 Å². The summed E-state index contributed by atoms with van der Waals surface area (Å²) in [6.45, 7) is 21.2. The minimum absolute atomic E-state index is 0.00504. The summed E-state index contributed by atoms with van der Waals surface area (Å²) < 4.78 is 47.8. The topological polar surface area (TPSA) is 93.1 Å². The van der Waals surface area contributed by atoms with E-state index < -0.39 is 20.9 Å². The number of benzene rings is 1. The van der Waals surface area contributed by atoms with Gasteiger partial charge in [0.2, 0.25) is 0 Å². The highest BCUT2D eigenvalue weighted by Crippen LogP contribution is 2.60. The molecule has 0 saturated heterocycles.